The fourth-order valence-corrected chi connectivity index (χ4v) is 4.16. The van der Waals surface area contributed by atoms with E-state index in [-0.39, 0.29) is 27.1 Å². The van der Waals surface area contributed by atoms with Crippen LogP contribution in [0.3, 0.4) is 0 Å². The Morgan fingerprint density at radius 2 is 1.57 bits per heavy atom. The average molecular weight is 412 g/mol. The van der Waals surface area contributed by atoms with Gasteiger partial charge in [-0.3, -0.25) is 9.59 Å². The third-order valence-electron chi connectivity index (χ3n) is 4.92. The van der Waals surface area contributed by atoms with Gasteiger partial charge in [-0.25, -0.2) is 0 Å². The first-order valence-corrected chi connectivity index (χ1v) is 9.36. The molecule has 1 aliphatic heterocycles. The molecule has 0 saturated heterocycles. The minimum absolute atomic E-state index is 0.188. The second-order valence-corrected chi connectivity index (χ2v) is 7.45. The molecule has 4 rings (SSSR count). The van der Waals surface area contributed by atoms with Gasteiger partial charge in [-0.2, -0.15) is 0 Å². The topological polar surface area (TPSA) is 66.4 Å². The van der Waals surface area contributed by atoms with Gasteiger partial charge in [0.2, 0.25) is 0 Å². The molecule has 0 bridgehead atoms. The molecule has 4 nitrogen and oxygen atoms in total. The summed E-state index contributed by atoms with van der Waals surface area (Å²) in [6.07, 6.45) is 0. The van der Waals surface area contributed by atoms with E-state index in [4.69, 9.17) is 23.2 Å². The summed E-state index contributed by atoms with van der Waals surface area (Å²) in [5.74, 6) is -2.27. The Kier molecular flexibility index (Phi) is 4.71. The number of ketones is 1. The lowest BCUT2D eigenvalue weighted by Gasteiger charge is -2.30. The maximum atomic E-state index is 13.5. The molecule has 2 N–H and O–H groups in total. The lowest BCUT2D eigenvalue weighted by Crippen LogP contribution is -2.44. The zero-order valence-corrected chi connectivity index (χ0v) is 16.0. The maximum Gasteiger partial charge on any atom is 0.262 e. The summed E-state index contributed by atoms with van der Waals surface area (Å²) in [7, 11) is 0. The van der Waals surface area contributed by atoms with E-state index >= 15 is 0 Å². The van der Waals surface area contributed by atoms with E-state index in [1.807, 2.05) is 0 Å². The summed E-state index contributed by atoms with van der Waals surface area (Å²) in [5.41, 5.74) is -0.802. The minimum atomic E-state index is -2.15. The number of hydrogen-bond donors (Lipinski definition) is 2. The van der Waals surface area contributed by atoms with E-state index in [9.17, 15) is 14.7 Å². The van der Waals surface area contributed by atoms with E-state index in [1.54, 1.807) is 60.7 Å². The zero-order valence-electron chi connectivity index (χ0n) is 14.5. The second-order valence-electron chi connectivity index (χ2n) is 6.60. The van der Waals surface area contributed by atoms with Crippen LogP contribution in [-0.4, -0.2) is 16.8 Å². The predicted molar refractivity (Wildman–Crippen MR) is 109 cm³/mol. The molecule has 0 spiro atoms. The van der Waals surface area contributed by atoms with Gasteiger partial charge in [0, 0.05) is 16.1 Å². The van der Waals surface area contributed by atoms with Crippen molar-refractivity contribution in [3.8, 4) is 0 Å². The number of nitrogens with one attached hydrogen (secondary N) is 1. The van der Waals surface area contributed by atoms with Crippen molar-refractivity contribution in [3.63, 3.8) is 0 Å². The molecule has 28 heavy (non-hydrogen) atoms. The van der Waals surface area contributed by atoms with Crippen molar-refractivity contribution in [1.29, 1.82) is 0 Å². The third kappa shape index (κ3) is 2.90. The number of aliphatic hydroxyl groups is 1. The number of halogens is 2. The number of amides is 1. The van der Waals surface area contributed by atoms with Crippen molar-refractivity contribution in [2.45, 2.75) is 11.5 Å². The fourth-order valence-electron chi connectivity index (χ4n) is 3.62. The van der Waals surface area contributed by atoms with Gasteiger partial charge in [0.1, 0.15) is 0 Å². The summed E-state index contributed by atoms with van der Waals surface area (Å²) in [6, 6.07) is 20.2. The van der Waals surface area contributed by atoms with Crippen molar-refractivity contribution in [1.82, 2.24) is 0 Å². The molecule has 1 amide bonds. The largest absolute Gasteiger partial charge is 0.374 e. The molecule has 1 heterocycles. The molecule has 0 aromatic heterocycles. The van der Waals surface area contributed by atoms with Crippen LogP contribution < -0.4 is 5.32 Å². The zero-order chi connectivity index (χ0) is 19.9. The molecule has 0 unspecified atom stereocenters. The third-order valence-corrected chi connectivity index (χ3v) is 5.44. The van der Waals surface area contributed by atoms with Crippen LogP contribution in [-0.2, 0) is 10.4 Å². The molecule has 2 atom stereocenters. The Hall–Kier alpha value is -2.66. The molecule has 0 saturated carbocycles. The van der Waals surface area contributed by atoms with Crippen LogP contribution >= 0.6 is 23.2 Å². The average Bonchev–Trinajstić information content (AvgIpc) is 2.95. The van der Waals surface area contributed by atoms with Gasteiger partial charge in [0.15, 0.2) is 11.4 Å². The number of anilines is 1. The monoisotopic (exact) mass is 411 g/mol. The number of fused-ring (bicyclic) bond motifs is 1. The lowest BCUT2D eigenvalue weighted by atomic mass is 9.74. The quantitative estimate of drug-likeness (QED) is 0.605. The Morgan fingerprint density at radius 3 is 2.21 bits per heavy atom. The van der Waals surface area contributed by atoms with E-state index < -0.39 is 17.4 Å². The molecular weight excluding hydrogens is 397 g/mol. The summed E-state index contributed by atoms with van der Waals surface area (Å²) < 4.78 is 0. The molecule has 0 fully saturated rings. The highest BCUT2D eigenvalue weighted by molar-refractivity contribution is 6.38. The highest BCUT2D eigenvalue weighted by atomic mass is 35.5. The smallest absolute Gasteiger partial charge is 0.262 e. The van der Waals surface area contributed by atoms with Crippen LogP contribution in [0.25, 0.3) is 0 Å². The summed E-state index contributed by atoms with van der Waals surface area (Å²) in [5, 5.41) is 14.7. The van der Waals surface area contributed by atoms with Crippen LogP contribution in [0, 0.1) is 0 Å². The minimum Gasteiger partial charge on any atom is -0.374 e. The molecule has 1 aliphatic rings. The molecule has 3 aromatic rings. The summed E-state index contributed by atoms with van der Waals surface area (Å²) in [4.78, 5) is 26.4. The lowest BCUT2D eigenvalue weighted by molar-refractivity contribution is -0.135. The van der Waals surface area contributed by atoms with Crippen LogP contribution in [0.5, 0.6) is 0 Å². The summed E-state index contributed by atoms with van der Waals surface area (Å²) >= 11 is 12.4. The van der Waals surface area contributed by atoms with Crippen molar-refractivity contribution >= 4 is 40.6 Å². The fraction of sp³-hybridized carbons (Fsp3) is 0.0909. The molecule has 6 heteroatoms. The Labute approximate surface area is 171 Å². The van der Waals surface area contributed by atoms with E-state index in [1.165, 1.54) is 12.1 Å². The standard InChI is InChI=1S/C22H15Cl2NO3/c23-15-11-16-19(17(24)12-15)25-21(27)22(16,28)18(13-7-3-1-4-8-13)20(26)14-9-5-2-6-10-14/h1-12,18,28H,(H,25,27)/t18-,22-/m1/s1. The number of Topliss-reactive ketones (excluding diaryl/α,β-unsaturated/α-hetero) is 1. The van der Waals surface area contributed by atoms with Crippen LogP contribution in [0.2, 0.25) is 10.0 Å². The molecule has 0 radical (unpaired) electrons. The van der Waals surface area contributed by atoms with Gasteiger partial charge in [-0.15, -0.1) is 0 Å². The van der Waals surface area contributed by atoms with Crippen LogP contribution in [0.1, 0.15) is 27.4 Å². The molecule has 0 aliphatic carbocycles. The van der Waals surface area contributed by atoms with Gasteiger partial charge in [0.05, 0.1) is 16.6 Å². The highest BCUT2D eigenvalue weighted by Gasteiger charge is 2.55. The van der Waals surface area contributed by atoms with Crippen molar-refractivity contribution in [3.05, 3.63) is 99.5 Å². The van der Waals surface area contributed by atoms with E-state index in [2.05, 4.69) is 5.32 Å². The first-order chi connectivity index (χ1) is 13.4. The predicted octanol–water partition coefficient (Wildman–Crippen LogP) is 4.80. The van der Waals surface area contributed by atoms with E-state index in [0.717, 1.165) is 0 Å². The maximum absolute atomic E-state index is 13.5. The van der Waals surface area contributed by atoms with Gasteiger partial charge < -0.3 is 10.4 Å². The SMILES string of the molecule is O=C(c1ccccc1)[C@@H](c1ccccc1)[C@@]1(O)C(=O)Nc2c(Cl)cc(Cl)cc21. The van der Waals surface area contributed by atoms with E-state index in [0.29, 0.717) is 11.1 Å². The van der Waals surface area contributed by atoms with Gasteiger partial charge in [-0.1, -0.05) is 83.9 Å². The Bertz CT molecular complexity index is 1070. The number of carbonyl (C=O) groups excluding carboxylic acids is 2. The Morgan fingerprint density at radius 1 is 0.964 bits per heavy atom. The molecular formula is C22H15Cl2NO3. The highest BCUT2D eigenvalue weighted by Crippen LogP contribution is 2.49. The first-order valence-electron chi connectivity index (χ1n) is 8.60. The van der Waals surface area contributed by atoms with Gasteiger partial charge in [0.25, 0.3) is 5.91 Å². The number of carbonyl (C=O) groups is 2. The van der Waals surface area contributed by atoms with Crippen LogP contribution in [0.4, 0.5) is 5.69 Å². The Balaban J connectivity index is 1.96. The van der Waals surface area contributed by atoms with Gasteiger partial charge >= 0.3 is 0 Å². The van der Waals surface area contributed by atoms with Crippen molar-refractivity contribution in [2.24, 2.45) is 0 Å². The first kappa shape index (κ1) is 18.7. The normalized spacial score (nSPS) is 19.0. The number of benzene rings is 3. The second kappa shape index (κ2) is 7.06. The molecule has 3 aromatic carbocycles. The van der Waals surface area contributed by atoms with Crippen LogP contribution in [0.15, 0.2) is 72.8 Å². The number of rotatable bonds is 4. The number of hydrogen-bond acceptors (Lipinski definition) is 3. The molecule has 140 valence electrons. The van der Waals surface area contributed by atoms with Crippen molar-refractivity contribution < 1.29 is 14.7 Å². The van der Waals surface area contributed by atoms with Gasteiger partial charge in [-0.05, 0) is 17.7 Å². The summed E-state index contributed by atoms with van der Waals surface area (Å²) in [6.45, 7) is 0. The van der Waals surface area contributed by atoms with Crippen molar-refractivity contribution in [2.75, 3.05) is 5.32 Å².